The molecule has 7 nitrogen and oxygen atoms in total. The minimum atomic E-state index is -0.914. The lowest BCUT2D eigenvalue weighted by Crippen LogP contribution is -2.59. The second kappa shape index (κ2) is 5.62. The van der Waals surface area contributed by atoms with Gasteiger partial charge in [-0.3, -0.25) is 4.79 Å². The third-order valence-electron chi connectivity index (χ3n) is 6.15. The van der Waals surface area contributed by atoms with Crippen LogP contribution in [0, 0.1) is 18.3 Å². The molecular weight excluding hydrogens is 335 g/mol. The van der Waals surface area contributed by atoms with Crippen molar-refractivity contribution in [1.29, 1.82) is 0 Å². The Hall–Kier alpha value is -2.25. The third kappa shape index (κ3) is 2.62. The van der Waals surface area contributed by atoms with Gasteiger partial charge < -0.3 is 10.2 Å². The van der Waals surface area contributed by atoms with Gasteiger partial charge in [-0.15, -0.1) is 5.10 Å². The molecule has 0 aromatic carbocycles. The second-order valence-corrected chi connectivity index (χ2v) is 8.17. The van der Waals surface area contributed by atoms with E-state index in [-0.39, 0.29) is 17.9 Å². The zero-order valence-electron chi connectivity index (χ0n) is 14.9. The van der Waals surface area contributed by atoms with E-state index in [1.807, 2.05) is 17.5 Å². The van der Waals surface area contributed by atoms with E-state index >= 15 is 0 Å². The monoisotopic (exact) mass is 358 g/mol. The summed E-state index contributed by atoms with van der Waals surface area (Å²) in [7, 11) is 0. The minimum Gasteiger partial charge on any atom is -0.355 e. The van der Waals surface area contributed by atoms with Gasteiger partial charge in [0.15, 0.2) is 0 Å². The molecule has 2 atom stereocenters. The number of alkyl halides is 1. The predicted octanol–water partition coefficient (Wildman–Crippen LogP) is 1.66. The first-order valence-corrected chi connectivity index (χ1v) is 9.41. The average Bonchev–Trinajstić information content (AvgIpc) is 3.20. The van der Waals surface area contributed by atoms with Crippen molar-refractivity contribution in [1.82, 2.24) is 24.9 Å². The number of rotatable bonds is 3. The number of anilines is 1. The summed E-state index contributed by atoms with van der Waals surface area (Å²) in [5, 5.41) is 7.49. The molecule has 2 aromatic heterocycles. The standard InChI is InChI=1S/C18H23FN6O/c1-11-21-17-20-7-4-15(25(17)23-11)24-9-18(10-24)5-2-12(3-6-18)22-16(26)13-8-14(13)19/h4,7,12-14H,2-3,5-6,8-10H2,1H3,(H,22,26). The Morgan fingerprint density at radius 3 is 2.77 bits per heavy atom. The molecule has 3 aliphatic rings. The van der Waals surface area contributed by atoms with E-state index in [9.17, 15) is 9.18 Å². The lowest BCUT2D eigenvalue weighted by Gasteiger charge is -2.54. The molecule has 1 aliphatic heterocycles. The molecule has 0 bridgehead atoms. The van der Waals surface area contributed by atoms with Crippen LogP contribution in [0.2, 0.25) is 0 Å². The largest absolute Gasteiger partial charge is 0.355 e. The average molecular weight is 358 g/mol. The Balaban J connectivity index is 1.20. The summed E-state index contributed by atoms with van der Waals surface area (Å²) in [6.07, 6.45) is 5.44. The molecule has 1 spiro atoms. The fourth-order valence-electron chi connectivity index (χ4n) is 4.48. The van der Waals surface area contributed by atoms with Crippen LogP contribution in [0.1, 0.15) is 37.9 Å². The van der Waals surface area contributed by atoms with Crippen LogP contribution in [0.4, 0.5) is 10.2 Å². The number of nitrogens with one attached hydrogen (secondary N) is 1. The van der Waals surface area contributed by atoms with Gasteiger partial charge in [0.25, 0.3) is 5.78 Å². The molecule has 1 amide bonds. The van der Waals surface area contributed by atoms with E-state index in [2.05, 4.69) is 25.3 Å². The van der Waals surface area contributed by atoms with Crippen molar-refractivity contribution in [3.8, 4) is 0 Å². The van der Waals surface area contributed by atoms with Crippen LogP contribution in [-0.2, 0) is 4.79 Å². The number of carbonyl (C=O) groups excluding carboxylic acids is 1. The van der Waals surface area contributed by atoms with Crippen molar-refractivity contribution in [2.24, 2.45) is 11.3 Å². The van der Waals surface area contributed by atoms with Gasteiger partial charge >= 0.3 is 0 Å². The van der Waals surface area contributed by atoms with Crippen LogP contribution in [0.3, 0.4) is 0 Å². The highest BCUT2D eigenvalue weighted by molar-refractivity contribution is 5.82. The van der Waals surface area contributed by atoms with E-state index in [1.54, 1.807) is 6.20 Å². The molecule has 5 rings (SSSR count). The number of amides is 1. The van der Waals surface area contributed by atoms with Gasteiger partial charge in [0.05, 0.1) is 5.92 Å². The van der Waals surface area contributed by atoms with Gasteiger partial charge in [-0.2, -0.15) is 9.50 Å². The molecule has 3 fully saturated rings. The summed E-state index contributed by atoms with van der Waals surface area (Å²) >= 11 is 0. The maximum absolute atomic E-state index is 13.0. The minimum absolute atomic E-state index is 0.0885. The van der Waals surface area contributed by atoms with Gasteiger partial charge in [-0.05, 0) is 45.1 Å². The molecule has 0 radical (unpaired) electrons. The first kappa shape index (κ1) is 16.0. The maximum atomic E-state index is 13.0. The summed E-state index contributed by atoms with van der Waals surface area (Å²) in [6, 6.07) is 2.20. The van der Waals surface area contributed by atoms with Crippen molar-refractivity contribution in [2.45, 2.75) is 51.2 Å². The molecule has 8 heteroatoms. The third-order valence-corrected chi connectivity index (χ3v) is 6.15. The van der Waals surface area contributed by atoms with Gasteiger partial charge in [-0.1, -0.05) is 0 Å². The van der Waals surface area contributed by atoms with Crippen molar-refractivity contribution >= 4 is 17.5 Å². The highest BCUT2D eigenvalue weighted by Gasteiger charge is 2.48. The smallest absolute Gasteiger partial charge is 0.254 e. The highest BCUT2D eigenvalue weighted by Crippen LogP contribution is 2.45. The van der Waals surface area contributed by atoms with Crippen LogP contribution in [0.15, 0.2) is 12.3 Å². The topological polar surface area (TPSA) is 75.4 Å². The Labute approximate surface area is 151 Å². The number of aryl methyl sites for hydroxylation is 1. The quantitative estimate of drug-likeness (QED) is 0.903. The summed E-state index contributed by atoms with van der Waals surface area (Å²) in [5.41, 5.74) is 0.328. The van der Waals surface area contributed by atoms with Crippen molar-refractivity contribution in [3.05, 3.63) is 18.1 Å². The van der Waals surface area contributed by atoms with E-state index in [4.69, 9.17) is 0 Å². The summed E-state index contributed by atoms with van der Waals surface area (Å²) < 4.78 is 14.8. The molecule has 26 heavy (non-hydrogen) atoms. The molecule has 2 saturated carbocycles. The van der Waals surface area contributed by atoms with E-state index in [0.717, 1.165) is 50.4 Å². The fourth-order valence-corrected chi connectivity index (χ4v) is 4.48. The lowest BCUT2D eigenvalue weighted by molar-refractivity contribution is -0.123. The SMILES string of the molecule is Cc1nc2nccc(N3CC4(CCC(NC(=O)C5CC5F)CC4)C3)n2n1. The predicted molar refractivity (Wildman–Crippen MR) is 93.6 cm³/mol. The Kier molecular flexibility index (Phi) is 3.45. The zero-order chi connectivity index (χ0) is 17.9. The maximum Gasteiger partial charge on any atom is 0.254 e. The number of hydrogen-bond donors (Lipinski definition) is 1. The van der Waals surface area contributed by atoms with Crippen molar-refractivity contribution in [2.75, 3.05) is 18.0 Å². The zero-order valence-corrected chi connectivity index (χ0v) is 14.9. The van der Waals surface area contributed by atoms with Gasteiger partial charge in [0, 0.05) is 30.7 Å². The van der Waals surface area contributed by atoms with Gasteiger partial charge in [-0.25, -0.2) is 9.37 Å². The fraction of sp³-hybridized carbons (Fsp3) is 0.667. The summed E-state index contributed by atoms with van der Waals surface area (Å²) in [5.74, 6) is 1.93. The molecule has 138 valence electrons. The van der Waals surface area contributed by atoms with E-state index < -0.39 is 6.17 Å². The molecule has 2 aliphatic carbocycles. The van der Waals surface area contributed by atoms with E-state index in [0.29, 0.717) is 17.6 Å². The number of hydrogen-bond acceptors (Lipinski definition) is 5. The summed E-state index contributed by atoms with van der Waals surface area (Å²) in [6.45, 7) is 3.88. The molecule has 2 unspecified atom stereocenters. The molecule has 1 N–H and O–H groups in total. The number of nitrogens with zero attached hydrogens (tertiary/aromatic N) is 5. The van der Waals surface area contributed by atoms with Crippen LogP contribution in [-0.4, -0.2) is 50.8 Å². The second-order valence-electron chi connectivity index (χ2n) is 8.17. The van der Waals surface area contributed by atoms with Crippen molar-refractivity contribution < 1.29 is 9.18 Å². The van der Waals surface area contributed by atoms with Crippen LogP contribution < -0.4 is 10.2 Å². The highest BCUT2D eigenvalue weighted by atomic mass is 19.1. The Bertz CT molecular complexity index is 850. The summed E-state index contributed by atoms with van der Waals surface area (Å²) in [4.78, 5) is 22.8. The number of aromatic nitrogens is 4. The van der Waals surface area contributed by atoms with E-state index in [1.165, 1.54) is 0 Å². The van der Waals surface area contributed by atoms with Crippen LogP contribution in [0.5, 0.6) is 0 Å². The first-order chi connectivity index (χ1) is 12.5. The molecule has 2 aromatic rings. The number of fused-ring (bicyclic) bond motifs is 1. The van der Waals surface area contributed by atoms with Crippen LogP contribution >= 0.6 is 0 Å². The number of halogens is 1. The molecule has 1 saturated heterocycles. The lowest BCUT2D eigenvalue weighted by atomic mass is 9.67. The van der Waals surface area contributed by atoms with Gasteiger partial charge in [0.2, 0.25) is 5.91 Å². The molecular formula is C18H23FN6O. The normalized spacial score (nSPS) is 27.5. The van der Waals surface area contributed by atoms with Crippen LogP contribution in [0.25, 0.3) is 5.78 Å². The van der Waals surface area contributed by atoms with Crippen molar-refractivity contribution in [3.63, 3.8) is 0 Å². The number of carbonyl (C=O) groups is 1. The van der Waals surface area contributed by atoms with Gasteiger partial charge in [0.1, 0.15) is 17.8 Å². The Morgan fingerprint density at radius 1 is 1.35 bits per heavy atom. The Morgan fingerprint density at radius 2 is 2.08 bits per heavy atom. The molecule has 3 heterocycles. The first-order valence-electron chi connectivity index (χ1n) is 9.41.